The molecule has 1 heterocycles. The lowest BCUT2D eigenvalue weighted by atomic mass is 9.75. The van der Waals surface area contributed by atoms with Gasteiger partial charge in [0, 0.05) is 11.3 Å². The molecule has 0 spiro atoms. The van der Waals surface area contributed by atoms with Crippen molar-refractivity contribution in [2.24, 2.45) is 11.8 Å². The second-order valence-electron chi connectivity index (χ2n) is 7.92. The van der Waals surface area contributed by atoms with E-state index in [4.69, 9.17) is 14.2 Å². The molecule has 32 heavy (non-hydrogen) atoms. The Labute approximate surface area is 195 Å². The molecule has 0 saturated heterocycles. The van der Waals surface area contributed by atoms with Gasteiger partial charge in [0.15, 0.2) is 17.3 Å². The number of anilines is 2. The summed E-state index contributed by atoms with van der Waals surface area (Å²) in [5, 5.41) is 6.94. The van der Waals surface area contributed by atoms with E-state index in [1.54, 1.807) is 14.2 Å². The molecule has 2 aromatic carbocycles. The number of methoxy groups -OCH3 is 3. The summed E-state index contributed by atoms with van der Waals surface area (Å²) >= 11 is 3.55. The van der Waals surface area contributed by atoms with Crippen LogP contribution in [0.4, 0.5) is 11.4 Å². The quantitative estimate of drug-likeness (QED) is 0.464. The summed E-state index contributed by atoms with van der Waals surface area (Å²) < 4.78 is 16.6. The Kier molecular flexibility index (Phi) is 6.15. The molecule has 0 radical (unpaired) electrons. The number of nitrogens with one attached hydrogen (secondary N) is 2. The number of fused-ring (bicyclic) bond motifs is 1. The number of allylic oxidation sites excluding steroid dienone is 1. The summed E-state index contributed by atoms with van der Waals surface area (Å²) in [4.78, 5) is 26.2. The minimum Gasteiger partial charge on any atom is -0.493 e. The van der Waals surface area contributed by atoms with Crippen LogP contribution in [-0.2, 0) is 14.3 Å². The summed E-state index contributed by atoms with van der Waals surface area (Å²) in [6.45, 7) is 1.90. The van der Waals surface area contributed by atoms with Crippen LogP contribution in [0.1, 0.15) is 24.9 Å². The minimum atomic E-state index is -0.852. The van der Waals surface area contributed by atoms with Crippen LogP contribution in [0.2, 0.25) is 0 Å². The van der Waals surface area contributed by atoms with Crippen LogP contribution >= 0.6 is 15.9 Å². The number of benzene rings is 2. The lowest BCUT2D eigenvalue weighted by Gasteiger charge is -2.32. The van der Waals surface area contributed by atoms with Gasteiger partial charge in [-0.2, -0.15) is 0 Å². The van der Waals surface area contributed by atoms with Crippen molar-refractivity contribution in [1.29, 1.82) is 0 Å². The van der Waals surface area contributed by atoms with E-state index in [2.05, 4.69) is 26.6 Å². The molecule has 2 aromatic rings. The van der Waals surface area contributed by atoms with Crippen molar-refractivity contribution in [3.05, 3.63) is 57.7 Å². The van der Waals surface area contributed by atoms with Gasteiger partial charge in [-0.05, 0) is 58.1 Å². The highest BCUT2D eigenvalue weighted by molar-refractivity contribution is 9.10. The Bertz CT molecular complexity index is 1110. The van der Waals surface area contributed by atoms with Crippen LogP contribution in [0.15, 0.2) is 52.1 Å². The van der Waals surface area contributed by atoms with Crippen molar-refractivity contribution in [3.63, 3.8) is 0 Å². The molecular weight excluding hydrogens is 476 g/mol. The van der Waals surface area contributed by atoms with Gasteiger partial charge in [-0.1, -0.05) is 19.1 Å². The van der Waals surface area contributed by atoms with Crippen LogP contribution in [-0.4, -0.2) is 33.1 Å². The molecule has 7 nitrogen and oxygen atoms in total. The van der Waals surface area contributed by atoms with Gasteiger partial charge in [-0.15, -0.1) is 0 Å². The number of Topliss-reactive ketones (excluding diaryl/α,β-unsaturated/α-hetero) is 1. The van der Waals surface area contributed by atoms with E-state index in [1.165, 1.54) is 7.11 Å². The maximum atomic E-state index is 13.7. The fourth-order valence-electron chi connectivity index (χ4n) is 4.49. The van der Waals surface area contributed by atoms with Crippen LogP contribution in [0.25, 0.3) is 0 Å². The molecule has 4 rings (SSSR count). The van der Waals surface area contributed by atoms with Crippen LogP contribution in [0.3, 0.4) is 0 Å². The predicted octanol–water partition coefficient (Wildman–Crippen LogP) is 4.70. The van der Waals surface area contributed by atoms with Crippen molar-refractivity contribution < 1.29 is 23.8 Å². The number of rotatable bonds is 4. The lowest BCUT2D eigenvalue weighted by molar-refractivity contribution is -0.151. The van der Waals surface area contributed by atoms with E-state index in [0.29, 0.717) is 28.0 Å². The smallest absolute Gasteiger partial charge is 0.316 e. The topological polar surface area (TPSA) is 85.9 Å². The zero-order valence-corrected chi connectivity index (χ0v) is 19.9. The summed E-state index contributed by atoms with van der Waals surface area (Å²) in [5.74, 6) is -0.697. The number of hydrogen-bond donors (Lipinski definition) is 2. The number of ether oxygens (including phenoxy) is 3. The second-order valence-corrected chi connectivity index (χ2v) is 8.78. The van der Waals surface area contributed by atoms with E-state index in [1.807, 2.05) is 43.3 Å². The fraction of sp³-hybridized carbons (Fsp3) is 0.333. The first-order valence-corrected chi connectivity index (χ1v) is 11.1. The Morgan fingerprint density at radius 2 is 1.81 bits per heavy atom. The molecule has 8 heteroatoms. The first-order valence-electron chi connectivity index (χ1n) is 10.3. The van der Waals surface area contributed by atoms with Gasteiger partial charge in [0.25, 0.3) is 0 Å². The third-order valence-electron chi connectivity index (χ3n) is 6.01. The summed E-state index contributed by atoms with van der Waals surface area (Å²) in [7, 11) is 4.45. The SMILES string of the molecule is COC(=O)C1C(=O)C2=C(CC1C)Nc1ccccc1NC2c1cc(Br)c(OC)c(OC)c1. The summed E-state index contributed by atoms with van der Waals surface area (Å²) in [6.07, 6.45) is 0.543. The van der Waals surface area contributed by atoms with E-state index < -0.39 is 17.9 Å². The van der Waals surface area contributed by atoms with Crippen molar-refractivity contribution >= 4 is 39.1 Å². The van der Waals surface area contributed by atoms with Gasteiger partial charge >= 0.3 is 5.97 Å². The van der Waals surface area contributed by atoms with Crippen LogP contribution in [0.5, 0.6) is 11.5 Å². The van der Waals surface area contributed by atoms with E-state index >= 15 is 0 Å². The third kappa shape index (κ3) is 3.72. The van der Waals surface area contributed by atoms with Crippen molar-refractivity contribution in [1.82, 2.24) is 0 Å². The number of carbonyl (C=O) groups excluding carboxylic acids is 2. The molecule has 0 aromatic heterocycles. The van der Waals surface area contributed by atoms with E-state index in [-0.39, 0.29) is 11.7 Å². The molecule has 2 N–H and O–H groups in total. The molecule has 0 saturated carbocycles. The average molecular weight is 501 g/mol. The monoisotopic (exact) mass is 500 g/mol. The molecule has 0 amide bonds. The molecule has 3 unspecified atom stereocenters. The normalized spacial score (nSPS) is 22.0. The molecule has 3 atom stereocenters. The molecule has 168 valence electrons. The Morgan fingerprint density at radius 3 is 2.47 bits per heavy atom. The standard InChI is InChI=1S/C24H25BrN2O5/c1-12-9-17-20(22(28)19(12)24(29)32-4)21(27-16-8-6-5-7-15(16)26-17)13-10-14(25)23(31-3)18(11-13)30-2/h5-8,10-12,19,21,26-27H,9H2,1-4H3. The first-order chi connectivity index (χ1) is 15.4. The number of hydrogen-bond acceptors (Lipinski definition) is 7. The molecule has 0 fully saturated rings. The van der Waals surface area contributed by atoms with Gasteiger partial charge in [-0.25, -0.2) is 0 Å². The van der Waals surface area contributed by atoms with Crippen LogP contribution < -0.4 is 20.1 Å². The number of halogens is 1. The van der Waals surface area contributed by atoms with Crippen molar-refractivity contribution in [3.8, 4) is 11.5 Å². The summed E-state index contributed by atoms with van der Waals surface area (Å²) in [6, 6.07) is 11.0. The van der Waals surface area contributed by atoms with Gasteiger partial charge in [-0.3, -0.25) is 9.59 Å². The molecule has 0 bridgehead atoms. The minimum absolute atomic E-state index is 0.191. The second kappa shape index (κ2) is 8.86. The summed E-state index contributed by atoms with van der Waals surface area (Å²) in [5.41, 5.74) is 3.85. The fourth-order valence-corrected chi connectivity index (χ4v) is 5.11. The lowest BCUT2D eigenvalue weighted by Crippen LogP contribution is -2.39. The number of esters is 1. The number of carbonyl (C=O) groups is 2. The first kappa shape index (κ1) is 22.2. The maximum Gasteiger partial charge on any atom is 0.316 e. The zero-order chi connectivity index (χ0) is 23.0. The molecular formula is C24H25BrN2O5. The maximum absolute atomic E-state index is 13.7. The van der Waals surface area contributed by atoms with E-state index in [9.17, 15) is 9.59 Å². The number of ketones is 1. The average Bonchev–Trinajstić information content (AvgIpc) is 2.94. The Balaban J connectivity index is 1.91. The van der Waals surface area contributed by atoms with Gasteiger partial charge in [0.2, 0.25) is 0 Å². The highest BCUT2D eigenvalue weighted by Crippen LogP contribution is 2.46. The highest BCUT2D eigenvalue weighted by Gasteiger charge is 2.44. The number of para-hydroxylation sites is 2. The Morgan fingerprint density at radius 1 is 1.09 bits per heavy atom. The molecule has 2 aliphatic rings. The van der Waals surface area contributed by atoms with E-state index in [0.717, 1.165) is 22.6 Å². The molecule has 1 aliphatic carbocycles. The third-order valence-corrected chi connectivity index (χ3v) is 6.60. The largest absolute Gasteiger partial charge is 0.493 e. The zero-order valence-electron chi connectivity index (χ0n) is 18.3. The van der Waals surface area contributed by atoms with Crippen molar-refractivity contribution in [2.75, 3.05) is 32.0 Å². The van der Waals surface area contributed by atoms with Crippen molar-refractivity contribution in [2.45, 2.75) is 19.4 Å². The van der Waals surface area contributed by atoms with Gasteiger partial charge in [0.1, 0.15) is 5.92 Å². The highest BCUT2D eigenvalue weighted by atomic mass is 79.9. The van der Waals surface area contributed by atoms with Gasteiger partial charge < -0.3 is 24.8 Å². The Hall–Kier alpha value is -3.00. The predicted molar refractivity (Wildman–Crippen MR) is 125 cm³/mol. The van der Waals surface area contributed by atoms with Crippen LogP contribution in [0, 0.1) is 11.8 Å². The molecule has 1 aliphatic heterocycles. The van der Waals surface area contributed by atoms with Gasteiger partial charge in [0.05, 0.1) is 43.2 Å².